The highest BCUT2D eigenvalue weighted by Gasteiger charge is 2.42. The topological polar surface area (TPSA) is 55.6 Å². The van der Waals surface area contributed by atoms with Crippen LogP contribution < -0.4 is 15.4 Å². The van der Waals surface area contributed by atoms with Crippen LogP contribution in [0.5, 0.6) is 5.75 Å². The Balaban J connectivity index is 2.13. The lowest BCUT2D eigenvalue weighted by Crippen LogP contribution is -2.59. The molecule has 2 N–H and O–H groups in total. The number of anilines is 1. The quantitative estimate of drug-likeness (QED) is 0.863. The third-order valence-electron chi connectivity index (χ3n) is 3.44. The predicted molar refractivity (Wildman–Crippen MR) is 67.2 cm³/mol. The normalized spacial score (nSPS) is 17.1. The highest BCUT2D eigenvalue weighted by molar-refractivity contribution is 6.00. The fourth-order valence-corrected chi connectivity index (χ4v) is 2.03. The summed E-state index contributed by atoms with van der Waals surface area (Å²) in [4.78, 5) is 13.8. The van der Waals surface area contributed by atoms with Gasteiger partial charge in [0.2, 0.25) is 5.91 Å². The van der Waals surface area contributed by atoms with Crippen molar-refractivity contribution < 1.29 is 9.53 Å². The van der Waals surface area contributed by atoms with Crippen molar-refractivity contribution in [2.75, 3.05) is 19.1 Å². The molecule has 4 nitrogen and oxygen atoms in total. The summed E-state index contributed by atoms with van der Waals surface area (Å²) in [5.41, 5.74) is 6.22. The van der Waals surface area contributed by atoms with Crippen LogP contribution in [0.1, 0.15) is 19.3 Å². The van der Waals surface area contributed by atoms with E-state index < -0.39 is 5.54 Å². The lowest BCUT2D eigenvalue weighted by atomic mass is 9.76. The maximum Gasteiger partial charge on any atom is 0.246 e. The van der Waals surface area contributed by atoms with E-state index in [2.05, 4.69) is 0 Å². The molecular formula is C13H18N2O2. The van der Waals surface area contributed by atoms with Crippen molar-refractivity contribution in [3.8, 4) is 5.75 Å². The van der Waals surface area contributed by atoms with Crippen LogP contribution in [0.2, 0.25) is 0 Å². The molecule has 92 valence electrons. The molecule has 0 unspecified atom stereocenters. The first kappa shape index (κ1) is 11.9. The Labute approximate surface area is 101 Å². The van der Waals surface area contributed by atoms with E-state index in [9.17, 15) is 4.79 Å². The number of carbonyl (C=O) groups is 1. The molecule has 17 heavy (non-hydrogen) atoms. The van der Waals surface area contributed by atoms with Crippen molar-refractivity contribution in [3.63, 3.8) is 0 Å². The third-order valence-corrected chi connectivity index (χ3v) is 3.44. The molecule has 0 radical (unpaired) electrons. The van der Waals surface area contributed by atoms with Crippen molar-refractivity contribution >= 4 is 11.6 Å². The summed E-state index contributed by atoms with van der Waals surface area (Å²) in [6, 6.07) is 7.39. The fraction of sp³-hybridized carbons (Fsp3) is 0.462. The molecule has 0 heterocycles. The SMILES string of the molecule is COc1ccc(N(C)C(=O)C2(N)CCC2)cc1. The number of likely N-dealkylation sites (N-methyl/N-ethyl adjacent to an activating group) is 1. The molecule has 4 heteroatoms. The minimum Gasteiger partial charge on any atom is -0.497 e. The molecule has 1 aromatic carbocycles. The van der Waals surface area contributed by atoms with Gasteiger partial charge in [0, 0.05) is 12.7 Å². The van der Waals surface area contributed by atoms with Gasteiger partial charge in [0.1, 0.15) is 5.75 Å². The van der Waals surface area contributed by atoms with E-state index in [1.807, 2.05) is 24.3 Å². The predicted octanol–water partition coefficient (Wildman–Crippen LogP) is 1.54. The van der Waals surface area contributed by atoms with E-state index >= 15 is 0 Å². The summed E-state index contributed by atoms with van der Waals surface area (Å²) >= 11 is 0. The third kappa shape index (κ3) is 2.13. The van der Waals surface area contributed by atoms with Gasteiger partial charge in [-0.25, -0.2) is 0 Å². The highest BCUT2D eigenvalue weighted by Crippen LogP contribution is 2.32. The lowest BCUT2D eigenvalue weighted by molar-refractivity contribution is -0.126. The van der Waals surface area contributed by atoms with Gasteiger partial charge < -0.3 is 15.4 Å². The second-order valence-corrected chi connectivity index (χ2v) is 4.57. The number of nitrogens with zero attached hydrogens (tertiary/aromatic N) is 1. The number of rotatable bonds is 3. The Kier molecular flexibility index (Phi) is 3.07. The van der Waals surface area contributed by atoms with Gasteiger partial charge in [-0.05, 0) is 43.5 Å². The van der Waals surface area contributed by atoms with E-state index in [-0.39, 0.29) is 5.91 Å². The summed E-state index contributed by atoms with van der Waals surface area (Å²) < 4.78 is 5.08. The van der Waals surface area contributed by atoms with Gasteiger partial charge in [-0.2, -0.15) is 0 Å². The van der Waals surface area contributed by atoms with Crippen molar-refractivity contribution in [3.05, 3.63) is 24.3 Å². The Morgan fingerprint density at radius 1 is 1.35 bits per heavy atom. The molecule has 0 aromatic heterocycles. The molecular weight excluding hydrogens is 216 g/mol. The number of ether oxygens (including phenoxy) is 1. The number of hydrogen-bond donors (Lipinski definition) is 1. The van der Waals surface area contributed by atoms with Crippen LogP contribution in [0.3, 0.4) is 0 Å². The summed E-state index contributed by atoms with van der Waals surface area (Å²) in [6.45, 7) is 0. The second kappa shape index (κ2) is 4.37. The van der Waals surface area contributed by atoms with Crippen LogP contribution in [-0.4, -0.2) is 25.6 Å². The van der Waals surface area contributed by atoms with Gasteiger partial charge in [0.25, 0.3) is 0 Å². The molecule has 1 aromatic rings. The lowest BCUT2D eigenvalue weighted by Gasteiger charge is -2.39. The maximum absolute atomic E-state index is 12.2. The largest absolute Gasteiger partial charge is 0.497 e. The molecule has 1 aliphatic carbocycles. The Morgan fingerprint density at radius 3 is 2.35 bits per heavy atom. The van der Waals surface area contributed by atoms with Crippen LogP contribution in [0.15, 0.2) is 24.3 Å². The molecule has 1 amide bonds. The summed E-state index contributed by atoms with van der Waals surface area (Å²) in [7, 11) is 3.38. The van der Waals surface area contributed by atoms with Gasteiger partial charge in [0.05, 0.1) is 12.6 Å². The van der Waals surface area contributed by atoms with Gasteiger partial charge in [-0.15, -0.1) is 0 Å². The van der Waals surface area contributed by atoms with Crippen LogP contribution >= 0.6 is 0 Å². The summed E-state index contributed by atoms with van der Waals surface area (Å²) in [6.07, 6.45) is 2.61. The molecule has 1 saturated carbocycles. The van der Waals surface area contributed by atoms with Crippen LogP contribution in [0.25, 0.3) is 0 Å². The van der Waals surface area contributed by atoms with Crippen LogP contribution in [0, 0.1) is 0 Å². The Hall–Kier alpha value is -1.55. The van der Waals surface area contributed by atoms with Gasteiger partial charge in [0.15, 0.2) is 0 Å². The van der Waals surface area contributed by atoms with Gasteiger partial charge in [-0.3, -0.25) is 4.79 Å². The van der Waals surface area contributed by atoms with E-state index in [0.29, 0.717) is 0 Å². The van der Waals surface area contributed by atoms with Crippen molar-refractivity contribution in [1.82, 2.24) is 0 Å². The second-order valence-electron chi connectivity index (χ2n) is 4.57. The number of amides is 1. The zero-order valence-corrected chi connectivity index (χ0v) is 10.3. The van der Waals surface area contributed by atoms with E-state index in [0.717, 1.165) is 30.7 Å². The van der Waals surface area contributed by atoms with Crippen LogP contribution in [0.4, 0.5) is 5.69 Å². The number of carbonyl (C=O) groups excluding carboxylic acids is 1. The van der Waals surface area contributed by atoms with Crippen molar-refractivity contribution in [2.24, 2.45) is 5.73 Å². The average Bonchev–Trinajstić information content (AvgIpc) is 2.34. The Bertz CT molecular complexity index is 410. The molecule has 2 rings (SSSR count). The van der Waals surface area contributed by atoms with E-state index in [4.69, 9.17) is 10.5 Å². The molecule has 0 spiro atoms. The van der Waals surface area contributed by atoms with Crippen molar-refractivity contribution in [1.29, 1.82) is 0 Å². The average molecular weight is 234 g/mol. The number of nitrogens with two attached hydrogens (primary N) is 1. The van der Waals surface area contributed by atoms with Gasteiger partial charge >= 0.3 is 0 Å². The molecule has 0 saturated heterocycles. The minimum atomic E-state index is -0.644. The minimum absolute atomic E-state index is 0.00563. The highest BCUT2D eigenvalue weighted by atomic mass is 16.5. The first-order valence-corrected chi connectivity index (χ1v) is 5.78. The first-order chi connectivity index (χ1) is 8.07. The van der Waals surface area contributed by atoms with Crippen molar-refractivity contribution in [2.45, 2.75) is 24.8 Å². The maximum atomic E-state index is 12.2. The first-order valence-electron chi connectivity index (χ1n) is 5.78. The zero-order chi connectivity index (χ0) is 12.5. The number of methoxy groups -OCH3 is 1. The molecule has 1 fully saturated rings. The Morgan fingerprint density at radius 2 is 1.94 bits per heavy atom. The standard InChI is InChI=1S/C13H18N2O2/c1-15(12(16)13(14)8-3-9-13)10-4-6-11(17-2)7-5-10/h4-7H,3,8-9,14H2,1-2H3. The molecule has 0 bridgehead atoms. The molecule has 1 aliphatic rings. The fourth-order valence-electron chi connectivity index (χ4n) is 2.03. The van der Waals surface area contributed by atoms with Crippen LogP contribution in [-0.2, 0) is 4.79 Å². The monoisotopic (exact) mass is 234 g/mol. The van der Waals surface area contributed by atoms with E-state index in [1.54, 1.807) is 19.1 Å². The molecule has 0 atom stereocenters. The summed E-state index contributed by atoms with van der Waals surface area (Å²) in [5.74, 6) is 0.773. The number of benzene rings is 1. The zero-order valence-electron chi connectivity index (χ0n) is 10.3. The van der Waals surface area contributed by atoms with E-state index in [1.165, 1.54) is 0 Å². The smallest absolute Gasteiger partial charge is 0.246 e. The summed E-state index contributed by atoms with van der Waals surface area (Å²) in [5, 5.41) is 0. The number of hydrogen-bond acceptors (Lipinski definition) is 3. The van der Waals surface area contributed by atoms with Gasteiger partial charge in [-0.1, -0.05) is 0 Å². The molecule has 0 aliphatic heterocycles.